The Hall–Kier alpha value is -2.23. The van der Waals surface area contributed by atoms with Crippen LogP contribution in [-0.4, -0.2) is 22.8 Å². The highest BCUT2D eigenvalue weighted by Gasteiger charge is 2.20. The lowest BCUT2D eigenvalue weighted by molar-refractivity contribution is 0.0520. The lowest BCUT2D eigenvalue weighted by Crippen LogP contribution is -2.05. The van der Waals surface area contributed by atoms with Crippen molar-refractivity contribution in [3.05, 3.63) is 35.4 Å². The van der Waals surface area contributed by atoms with Crippen molar-refractivity contribution >= 4 is 16.7 Å². The predicted octanol–water partition coefficient (Wildman–Crippen LogP) is 2.74. The maximum atomic E-state index is 11.7. The van der Waals surface area contributed by atoms with Crippen molar-refractivity contribution in [2.45, 2.75) is 13.8 Å². The van der Waals surface area contributed by atoms with Crippen molar-refractivity contribution in [2.75, 3.05) is 6.61 Å². The molecule has 4 heteroatoms. The third-order valence-corrected chi connectivity index (χ3v) is 2.73. The van der Waals surface area contributed by atoms with Gasteiger partial charge in [0, 0.05) is 5.39 Å². The Balaban J connectivity index is 2.69. The van der Waals surface area contributed by atoms with Gasteiger partial charge in [-0.05, 0) is 25.3 Å². The molecule has 0 fully saturated rings. The van der Waals surface area contributed by atoms with E-state index in [1.54, 1.807) is 13.0 Å². The number of aryl methyl sites for hydroxylation is 1. The first-order chi connectivity index (χ1) is 8.54. The summed E-state index contributed by atoms with van der Waals surface area (Å²) in [5.41, 5.74) is 0.818. The van der Waals surface area contributed by atoms with Gasteiger partial charge in [-0.3, -0.25) is 0 Å². The predicted molar refractivity (Wildman–Crippen MR) is 68.0 cm³/mol. The summed E-state index contributed by atoms with van der Waals surface area (Å²) < 4.78 is 4.80. The summed E-state index contributed by atoms with van der Waals surface area (Å²) in [4.78, 5) is 11.7. The zero-order chi connectivity index (χ0) is 13.3. The third-order valence-electron chi connectivity index (χ3n) is 2.73. The van der Waals surface area contributed by atoms with Crippen LogP contribution in [0.25, 0.3) is 10.8 Å². The zero-order valence-corrected chi connectivity index (χ0v) is 10.2. The molecule has 0 aliphatic carbocycles. The van der Waals surface area contributed by atoms with Crippen LogP contribution in [0, 0.1) is 6.92 Å². The molecule has 0 heterocycles. The smallest absolute Gasteiger partial charge is 0.345 e. The molecular weight excluding hydrogens is 232 g/mol. The van der Waals surface area contributed by atoms with Gasteiger partial charge in [-0.1, -0.05) is 23.8 Å². The first kappa shape index (κ1) is 12.2. The van der Waals surface area contributed by atoms with Gasteiger partial charge in [0.05, 0.1) is 6.61 Å². The molecule has 0 aromatic heterocycles. The summed E-state index contributed by atoms with van der Waals surface area (Å²) in [5.74, 6) is -1.25. The molecule has 0 saturated heterocycles. The molecule has 0 saturated carbocycles. The molecule has 2 N–H and O–H groups in total. The summed E-state index contributed by atoms with van der Waals surface area (Å²) in [6, 6.07) is 6.81. The first-order valence-corrected chi connectivity index (χ1v) is 5.67. The van der Waals surface area contributed by atoms with E-state index in [1.807, 2.05) is 19.1 Å². The van der Waals surface area contributed by atoms with Gasteiger partial charge in [0.25, 0.3) is 0 Å². The van der Waals surface area contributed by atoms with Crippen molar-refractivity contribution in [3.8, 4) is 11.5 Å². The van der Waals surface area contributed by atoms with Gasteiger partial charge in [-0.2, -0.15) is 0 Å². The number of benzene rings is 2. The van der Waals surface area contributed by atoms with Crippen LogP contribution in [0.3, 0.4) is 0 Å². The van der Waals surface area contributed by atoms with Gasteiger partial charge in [0.2, 0.25) is 0 Å². The number of carbonyl (C=O) groups excluding carboxylic acids is 1. The molecule has 0 radical (unpaired) electrons. The maximum absolute atomic E-state index is 11.7. The third kappa shape index (κ3) is 1.97. The highest BCUT2D eigenvalue weighted by atomic mass is 16.5. The van der Waals surface area contributed by atoms with E-state index >= 15 is 0 Å². The zero-order valence-electron chi connectivity index (χ0n) is 10.2. The minimum atomic E-state index is -0.727. The molecule has 0 aliphatic rings. The lowest BCUT2D eigenvalue weighted by Gasteiger charge is -2.10. The molecule has 4 nitrogen and oxygen atoms in total. The number of aromatic hydroxyl groups is 2. The number of fused-ring (bicyclic) bond motifs is 1. The minimum Gasteiger partial charge on any atom is -0.507 e. The van der Waals surface area contributed by atoms with Crippen LogP contribution in [0.15, 0.2) is 24.3 Å². The molecule has 0 aliphatic heterocycles. The van der Waals surface area contributed by atoms with Gasteiger partial charge in [0.1, 0.15) is 17.1 Å². The Morgan fingerprint density at radius 1 is 1.28 bits per heavy atom. The van der Waals surface area contributed by atoms with E-state index in [0.717, 1.165) is 5.56 Å². The molecule has 0 atom stereocenters. The fourth-order valence-electron chi connectivity index (χ4n) is 1.90. The SMILES string of the molecule is CCOC(=O)c1c(O)cc2cc(C)ccc2c1O. The first-order valence-electron chi connectivity index (χ1n) is 5.67. The van der Waals surface area contributed by atoms with Gasteiger partial charge in [-0.15, -0.1) is 0 Å². The number of ether oxygens (including phenoxy) is 1. The second-order valence-electron chi connectivity index (χ2n) is 4.06. The second kappa shape index (κ2) is 4.56. The second-order valence-corrected chi connectivity index (χ2v) is 4.06. The van der Waals surface area contributed by atoms with Gasteiger partial charge in [-0.25, -0.2) is 4.79 Å². The number of phenolic OH excluding ortho intramolecular Hbond substituents is 2. The molecule has 18 heavy (non-hydrogen) atoms. The average molecular weight is 246 g/mol. The highest BCUT2D eigenvalue weighted by molar-refractivity contribution is 6.04. The van der Waals surface area contributed by atoms with E-state index in [-0.39, 0.29) is 23.7 Å². The molecule has 2 rings (SSSR count). The average Bonchev–Trinajstić information content (AvgIpc) is 2.28. The van der Waals surface area contributed by atoms with E-state index in [2.05, 4.69) is 0 Å². The van der Waals surface area contributed by atoms with E-state index in [0.29, 0.717) is 10.8 Å². The summed E-state index contributed by atoms with van der Waals surface area (Å²) >= 11 is 0. The van der Waals surface area contributed by atoms with Gasteiger partial charge in [0.15, 0.2) is 0 Å². The van der Waals surface area contributed by atoms with E-state index in [4.69, 9.17) is 4.74 Å². The maximum Gasteiger partial charge on any atom is 0.345 e. The van der Waals surface area contributed by atoms with Crippen LogP contribution in [0.4, 0.5) is 0 Å². The number of hydrogen-bond acceptors (Lipinski definition) is 4. The largest absolute Gasteiger partial charge is 0.507 e. The monoisotopic (exact) mass is 246 g/mol. The molecular formula is C14H14O4. The van der Waals surface area contributed by atoms with Gasteiger partial charge < -0.3 is 14.9 Å². The summed E-state index contributed by atoms with van der Waals surface area (Å²) in [7, 11) is 0. The minimum absolute atomic E-state index is 0.184. The molecule has 94 valence electrons. The molecule has 0 bridgehead atoms. The number of carbonyl (C=O) groups is 1. The Morgan fingerprint density at radius 3 is 2.67 bits per heavy atom. The molecule has 0 amide bonds. The van der Waals surface area contributed by atoms with Crippen LogP contribution in [0.2, 0.25) is 0 Å². The summed E-state index contributed by atoms with van der Waals surface area (Å²) in [6.07, 6.45) is 0. The van der Waals surface area contributed by atoms with E-state index in [9.17, 15) is 15.0 Å². The van der Waals surface area contributed by atoms with E-state index in [1.165, 1.54) is 6.07 Å². The van der Waals surface area contributed by atoms with Crippen LogP contribution in [0.1, 0.15) is 22.8 Å². The summed E-state index contributed by atoms with van der Waals surface area (Å²) in [6.45, 7) is 3.76. The number of hydrogen-bond donors (Lipinski definition) is 2. The quantitative estimate of drug-likeness (QED) is 0.799. The Labute approximate surface area is 104 Å². The molecule has 0 unspecified atom stereocenters. The van der Waals surface area contributed by atoms with Crippen molar-refractivity contribution in [1.29, 1.82) is 0 Å². The van der Waals surface area contributed by atoms with Crippen molar-refractivity contribution in [3.63, 3.8) is 0 Å². The normalized spacial score (nSPS) is 10.6. The highest BCUT2D eigenvalue weighted by Crippen LogP contribution is 2.36. The fraction of sp³-hybridized carbons (Fsp3) is 0.214. The summed E-state index contributed by atoms with van der Waals surface area (Å²) in [5, 5.41) is 21.1. The standard InChI is InChI=1S/C14H14O4/c1-3-18-14(17)12-11(15)7-9-6-8(2)4-5-10(9)13(12)16/h4-7,15-16H,3H2,1-2H3. The van der Waals surface area contributed by atoms with Gasteiger partial charge >= 0.3 is 5.97 Å². The molecule has 2 aromatic carbocycles. The van der Waals surface area contributed by atoms with Crippen molar-refractivity contribution in [1.82, 2.24) is 0 Å². The number of phenols is 2. The topological polar surface area (TPSA) is 66.8 Å². The van der Waals surface area contributed by atoms with Crippen LogP contribution in [-0.2, 0) is 4.74 Å². The Bertz CT molecular complexity index is 617. The van der Waals surface area contributed by atoms with Crippen molar-refractivity contribution in [2.24, 2.45) is 0 Å². The van der Waals surface area contributed by atoms with Crippen LogP contribution >= 0.6 is 0 Å². The Morgan fingerprint density at radius 2 is 2.00 bits per heavy atom. The lowest BCUT2D eigenvalue weighted by atomic mass is 10.0. The van der Waals surface area contributed by atoms with E-state index < -0.39 is 5.97 Å². The van der Waals surface area contributed by atoms with Crippen molar-refractivity contribution < 1.29 is 19.7 Å². The van der Waals surface area contributed by atoms with Crippen LogP contribution in [0.5, 0.6) is 11.5 Å². The fourth-order valence-corrected chi connectivity index (χ4v) is 1.90. The number of rotatable bonds is 2. The Kier molecular flexibility index (Phi) is 3.10. The molecule has 2 aromatic rings. The number of esters is 1. The molecule has 0 spiro atoms. The van der Waals surface area contributed by atoms with Crippen LogP contribution < -0.4 is 0 Å².